The van der Waals surface area contributed by atoms with Crippen LogP contribution in [0, 0.1) is 27.7 Å². The highest BCUT2D eigenvalue weighted by atomic mass is 79.9. The van der Waals surface area contributed by atoms with Gasteiger partial charge in [-0.2, -0.15) is 0 Å². The van der Waals surface area contributed by atoms with Crippen LogP contribution in [-0.2, 0) is 4.79 Å². The van der Waals surface area contributed by atoms with Gasteiger partial charge in [-0.15, -0.1) is 0 Å². The normalized spacial score (nSPS) is 11.9. The summed E-state index contributed by atoms with van der Waals surface area (Å²) < 4.78 is 6.91. The van der Waals surface area contributed by atoms with Gasteiger partial charge in [-0.3, -0.25) is 4.79 Å². The quantitative estimate of drug-likeness (QED) is 0.807. The van der Waals surface area contributed by atoms with Gasteiger partial charge in [-0.05, 0) is 75.1 Å². The van der Waals surface area contributed by atoms with Crippen LogP contribution in [0.3, 0.4) is 0 Å². The standard InChI is InChI=1S/C19H22BrNO2/c1-11-7-6-8-17(14(11)4)21-19(22)15(5)23-18-12(2)9-16(20)10-13(18)3/h6-10,15H,1-5H3,(H,21,22). The van der Waals surface area contributed by atoms with Crippen molar-refractivity contribution in [1.29, 1.82) is 0 Å². The van der Waals surface area contributed by atoms with E-state index in [4.69, 9.17) is 4.74 Å². The van der Waals surface area contributed by atoms with E-state index in [0.717, 1.165) is 38.2 Å². The van der Waals surface area contributed by atoms with Crippen molar-refractivity contribution in [2.24, 2.45) is 0 Å². The fraction of sp³-hybridized carbons (Fsp3) is 0.316. The minimum atomic E-state index is -0.575. The summed E-state index contributed by atoms with van der Waals surface area (Å²) in [5.41, 5.74) is 5.06. The van der Waals surface area contributed by atoms with Crippen LogP contribution in [-0.4, -0.2) is 12.0 Å². The van der Waals surface area contributed by atoms with E-state index in [0.29, 0.717) is 0 Å². The van der Waals surface area contributed by atoms with Gasteiger partial charge in [0, 0.05) is 10.2 Å². The van der Waals surface area contributed by atoms with Gasteiger partial charge in [0.1, 0.15) is 5.75 Å². The number of amides is 1. The highest BCUT2D eigenvalue weighted by Crippen LogP contribution is 2.28. The number of carbonyl (C=O) groups excluding carboxylic acids is 1. The lowest BCUT2D eigenvalue weighted by atomic mass is 10.1. The highest BCUT2D eigenvalue weighted by molar-refractivity contribution is 9.10. The molecule has 2 aromatic rings. The molecule has 2 aromatic carbocycles. The molecule has 0 radical (unpaired) electrons. The maximum atomic E-state index is 12.4. The van der Waals surface area contributed by atoms with Crippen LogP contribution < -0.4 is 10.1 Å². The SMILES string of the molecule is Cc1cccc(NC(=O)C(C)Oc2c(C)cc(Br)cc2C)c1C. The number of aryl methyl sites for hydroxylation is 3. The van der Waals surface area contributed by atoms with E-state index in [9.17, 15) is 4.79 Å². The molecule has 4 heteroatoms. The van der Waals surface area contributed by atoms with Gasteiger partial charge >= 0.3 is 0 Å². The second kappa shape index (κ2) is 7.18. The Bertz CT molecular complexity index is 717. The molecule has 2 rings (SSSR count). The number of hydrogen-bond acceptors (Lipinski definition) is 2. The molecule has 1 atom stereocenters. The van der Waals surface area contributed by atoms with Crippen molar-refractivity contribution in [3.8, 4) is 5.75 Å². The van der Waals surface area contributed by atoms with Crippen molar-refractivity contribution in [1.82, 2.24) is 0 Å². The van der Waals surface area contributed by atoms with Crippen LogP contribution in [0.5, 0.6) is 5.75 Å². The van der Waals surface area contributed by atoms with Crippen molar-refractivity contribution in [3.05, 3.63) is 57.1 Å². The van der Waals surface area contributed by atoms with E-state index in [1.807, 2.05) is 58.0 Å². The molecule has 0 aliphatic rings. The molecular weight excluding hydrogens is 354 g/mol. The summed E-state index contributed by atoms with van der Waals surface area (Å²) in [4.78, 5) is 12.4. The van der Waals surface area contributed by atoms with Gasteiger partial charge in [-0.1, -0.05) is 28.1 Å². The summed E-state index contributed by atoms with van der Waals surface area (Å²) in [5, 5.41) is 2.95. The Morgan fingerprint density at radius 1 is 1.09 bits per heavy atom. The first-order valence-electron chi connectivity index (χ1n) is 7.60. The monoisotopic (exact) mass is 375 g/mol. The Hall–Kier alpha value is -1.81. The Kier molecular flexibility index (Phi) is 5.47. The lowest BCUT2D eigenvalue weighted by Gasteiger charge is -2.19. The van der Waals surface area contributed by atoms with Crippen LogP contribution in [0.1, 0.15) is 29.2 Å². The topological polar surface area (TPSA) is 38.3 Å². The predicted octanol–water partition coefficient (Wildman–Crippen LogP) is 5.09. The largest absolute Gasteiger partial charge is 0.480 e. The van der Waals surface area contributed by atoms with Gasteiger partial charge in [0.25, 0.3) is 5.91 Å². The number of carbonyl (C=O) groups is 1. The first-order chi connectivity index (χ1) is 10.8. The molecule has 1 N–H and O–H groups in total. The second-order valence-corrected chi connectivity index (χ2v) is 6.78. The van der Waals surface area contributed by atoms with Crippen molar-refractivity contribution in [2.75, 3.05) is 5.32 Å². The molecule has 0 spiro atoms. The molecule has 0 aliphatic carbocycles. The molecular formula is C19H22BrNO2. The summed E-state index contributed by atoms with van der Waals surface area (Å²) in [6.45, 7) is 9.74. The smallest absolute Gasteiger partial charge is 0.265 e. The lowest BCUT2D eigenvalue weighted by Crippen LogP contribution is -2.30. The van der Waals surface area contributed by atoms with Crippen LogP contribution in [0.4, 0.5) is 5.69 Å². The van der Waals surface area contributed by atoms with Crippen LogP contribution in [0.15, 0.2) is 34.8 Å². The molecule has 0 bridgehead atoms. The second-order valence-electron chi connectivity index (χ2n) is 5.87. The average molecular weight is 376 g/mol. The molecule has 0 aromatic heterocycles. The maximum absolute atomic E-state index is 12.4. The third kappa shape index (κ3) is 4.14. The molecule has 0 aliphatic heterocycles. The molecule has 0 saturated heterocycles. The van der Waals surface area contributed by atoms with Crippen LogP contribution >= 0.6 is 15.9 Å². The zero-order valence-electron chi connectivity index (χ0n) is 14.2. The fourth-order valence-electron chi connectivity index (χ4n) is 2.43. The van der Waals surface area contributed by atoms with Crippen LogP contribution in [0.2, 0.25) is 0 Å². The van der Waals surface area contributed by atoms with Crippen LogP contribution in [0.25, 0.3) is 0 Å². The molecule has 1 unspecified atom stereocenters. The van der Waals surface area contributed by atoms with Gasteiger partial charge < -0.3 is 10.1 Å². The maximum Gasteiger partial charge on any atom is 0.265 e. The average Bonchev–Trinajstić information content (AvgIpc) is 2.47. The molecule has 0 heterocycles. The zero-order chi connectivity index (χ0) is 17.1. The molecule has 3 nitrogen and oxygen atoms in total. The van der Waals surface area contributed by atoms with Crippen molar-refractivity contribution >= 4 is 27.5 Å². The van der Waals surface area contributed by atoms with E-state index in [2.05, 4.69) is 21.2 Å². The summed E-state index contributed by atoms with van der Waals surface area (Å²) >= 11 is 3.47. The Labute approximate surface area is 146 Å². The minimum Gasteiger partial charge on any atom is -0.480 e. The van der Waals surface area contributed by atoms with E-state index in [1.165, 1.54) is 0 Å². The Morgan fingerprint density at radius 3 is 2.30 bits per heavy atom. The van der Waals surface area contributed by atoms with Gasteiger partial charge in [0.05, 0.1) is 0 Å². The molecule has 23 heavy (non-hydrogen) atoms. The molecule has 122 valence electrons. The van der Waals surface area contributed by atoms with Crippen molar-refractivity contribution in [2.45, 2.75) is 40.7 Å². The van der Waals surface area contributed by atoms with Crippen molar-refractivity contribution in [3.63, 3.8) is 0 Å². The molecule has 1 amide bonds. The molecule has 0 saturated carbocycles. The Morgan fingerprint density at radius 2 is 1.70 bits per heavy atom. The number of rotatable bonds is 4. The number of benzene rings is 2. The highest BCUT2D eigenvalue weighted by Gasteiger charge is 2.18. The third-order valence-corrected chi connectivity index (χ3v) is 4.41. The summed E-state index contributed by atoms with van der Waals surface area (Å²) in [7, 11) is 0. The predicted molar refractivity (Wildman–Crippen MR) is 98.3 cm³/mol. The minimum absolute atomic E-state index is 0.152. The lowest BCUT2D eigenvalue weighted by molar-refractivity contribution is -0.122. The van der Waals surface area contributed by atoms with Gasteiger partial charge in [0.2, 0.25) is 0 Å². The van der Waals surface area contributed by atoms with Gasteiger partial charge in [0.15, 0.2) is 6.10 Å². The number of hydrogen-bond donors (Lipinski definition) is 1. The van der Waals surface area contributed by atoms with E-state index in [1.54, 1.807) is 6.92 Å². The first-order valence-corrected chi connectivity index (χ1v) is 8.39. The number of ether oxygens (including phenoxy) is 1. The number of nitrogens with one attached hydrogen (secondary N) is 1. The first kappa shape index (κ1) is 17.5. The van der Waals surface area contributed by atoms with E-state index < -0.39 is 6.10 Å². The fourth-order valence-corrected chi connectivity index (χ4v) is 3.12. The van der Waals surface area contributed by atoms with Crippen molar-refractivity contribution < 1.29 is 9.53 Å². The van der Waals surface area contributed by atoms with Gasteiger partial charge in [-0.25, -0.2) is 0 Å². The third-order valence-electron chi connectivity index (χ3n) is 3.95. The zero-order valence-corrected chi connectivity index (χ0v) is 15.7. The number of halogens is 1. The molecule has 0 fully saturated rings. The summed E-state index contributed by atoms with van der Waals surface area (Å²) in [6.07, 6.45) is -0.575. The van der Waals surface area contributed by atoms with E-state index >= 15 is 0 Å². The van der Waals surface area contributed by atoms with E-state index in [-0.39, 0.29) is 5.91 Å². The Balaban J connectivity index is 2.13. The summed E-state index contributed by atoms with van der Waals surface area (Å²) in [6, 6.07) is 9.84. The summed E-state index contributed by atoms with van der Waals surface area (Å²) in [5.74, 6) is 0.609. The number of anilines is 1.